The number of alkyl halides is 8. The zero-order valence-electron chi connectivity index (χ0n) is 8.00. The van der Waals surface area contributed by atoms with Crippen LogP contribution in [0.1, 0.15) is 12.8 Å². The van der Waals surface area contributed by atoms with Crippen LogP contribution >= 0.6 is 0 Å². The first kappa shape index (κ1) is 14.3. The molecular formula is C8H10F6IO-. The molecule has 0 aromatic carbocycles. The van der Waals surface area contributed by atoms with Crippen molar-refractivity contribution in [3.05, 3.63) is 0 Å². The summed E-state index contributed by atoms with van der Waals surface area (Å²) in [5, 5.41) is 9.07. The Labute approximate surface area is 98.5 Å². The summed E-state index contributed by atoms with van der Waals surface area (Å²) >= 11 is -0.280. The van der Waals surface area contributed by atoms with Crippen molar-refractivity contribution in [1.29, 1.82) is 0 Å². The molecule has 1 saturated heterocycles. The summed E-state index contributed by atoms with van der Waals surface area (Å²) in [5.41, 5.74) is -4.54. The van der Waals surface area contributed by atoms with Crippen molar-refractivity contribution in [1.82, 2.24) is 0 Å². The zero-order chi connectivity index (χ0) is 12.6. The van der Waals surface area contributed by atoms with Crippen LogP contribution < -0.4 is 21.2 Å². The molecule has 16 heavy (non-hydrogen) atoms. The van der Waals surface area contributed by atoms with E-state index in [-0.39, 0.29) is 34.0 Å². The molecule has 0 aromatic heterocycles. The molecule has 0 saturated carbocycles. The molecule has 0 aliphatic carbocycles. The Bertz CT molecular complexity index is 228. The molecule has 0 unspecified atom stereocenters. The number of hydrogen-bond donors (Lipinski definition) is 1. The quantitative estimate of drug-likeness (QED) is 0.373. The summed E-state index contributed by atoms with van der Waals surface area (Å²) in [6, 6.07) is 0. The summed E-state index contributed by atoms with van der Waals surface area (Å²) in [7, 11) is 0. The van der Waals surface area contributed by atoms with Crippen molar-refractivity contribution in [2.24, 2.45) is 5.92 Å². The van der Waals surface area contributed by atoms with Crippen molar-refractivity contribution in [2.45, 2.75) is 30.8 Å². The van der Waals surface area contributed by atoms with Crippen LogP contribution in [0.3, 0.4) is 0 Å². The molecular weight excluding hydrogens is 353 g/mol. The Hall–Kier alpha value is 0.270. The molecule has 1 N–H and O–H groups in total. The van der Waals surface area contributed by atoms with Gasteiger partial charge in [-0.1, -0.05) is 0 Å². The molecule has 1 aliphatic rings. The monoisotopic (exact) mass is 363 g/mol. The van der Waals surface area contributed by atoms with Crippen molar-refractivity contribution >= 4 is 0 Å². The van der Waals surface area contributed by atoms with Gasteiger partial charge in [0.2, 0.25) is 0 Å². The van der Waals surface area contributed by atoms with Crippen LogP contribution in [0.5, 0.6) is 0 Å². The zero-order valence-corrected chi connectivity index (χ0v) is 10.2. The molecule has 1 rings (SSSR count). The minimum atomic E-state index is -5.66. The van der Waals surface area contributed by atoms with Crippen LogP contribution in [-0.4, -0.2) is 31.9 Å². The summed E-state index contributed by atoms with van der Waals surface area (Å²) in [5.74, 6) is -1.75. The molecule has 1 heterocycles. The van der Waals surface area contributed by atoms with Crippen molar-refractivity contribution in [3.63, 3.8) is 0 Å². The van der Waals surface area contributed by atoms with Crippen molar-refractivity contribution < 1.29 is 52.7 Å². The number of hydrogen-bond acceptors (Lipinski definition) is 1. The summed E-state index contributed by atoms with van der Waals surface area (Å²) in [4.78, 5) is 0. The molecule has 0 radical (unpaired) electrons. The van der Waals surface area contributed by atoms with Crippen LogP contribution in [0, 0.1) is 5.92 Å². The first-order chi connectivity index (χ1) is 7.11. The Kier molecular flexibility index (Phi) is 4.04. The van der Waals surface area contributed by atoms with Crippen LogP contribution in [0.15, 0.2) is 0 Å². The minimum absolute atomic E-state index is 0.192. The summed E-state index contributed by atoms with van der Waals surface area (Å²) < 4.78 is 75.3. The Morgan fingerprint density at radius 2 is 1.25 bits per heavy atom. The van der Waals surface area contributed by atoms with E-state index >= 15 is 0 Å². The Morgan fingerprint density at radius 1 is 0.875 bits per heavy atom. The standard InChI is InChI=1S/C8H10F6IO/c9-7(10,11)6(16,8(12,13)14)5-1-3-15-4-2-5/h5,16H,1-4H2/q-1. The molecule has 0 atom stereocenters. The van der Waals surface area contributed by atoms with Gasteiger partial charge >= 0.3 is 98.2 Å². The predicted molar refractivity (Wildman–Crippen MR) is 39.5 cm³/mol. The Balaban J connectivity index is 3.04. The van der Waals surface area contributed by atoms with E-state index in [1.54, 1.807) is 0 Å². The second-order valence-electron chi connectivity index (χ2n) is 3.60. The fraction of sp³-hybridized carbons (Fsp3) is 1.00. The SMILES string of the molecule is OC(C1CC[I-]CC1)(C(F)(F)F)C(F)(F)F. The maximum absolute atomic E-state index is 12.4. The number of aliphatic hydroxyl groups is 1. The third-order valence-corrected chi connectivity index (χ3v) is 5.41. The van der Waals surface area contributed by atoms with Crippen LogP contribution in [0.4, 0.5) is 26.3 Å². The molecule has 0 amide bonds. The van der Waals surface area contributed by atoms with Crippen LogP contribution in [-0.2, 0) is 0 Å². The maximum atomic E-state index is 12.4. The topological polar surface area (TPSA) is 20.2 Å². The van der Waals surface area contributed by atoms with E-state index in [0.29, 0.717) is 8.86 Å². The van der Waals surface area contributed by atoms with Gasteiger partial charge in [0.05, 0.1) is 0 Å². The van der Waals surface area contributed by atoms with Gasteiger partial charge in [-0.05, 0) is 0 Å². The predicted octanol–water partition coefficient (Wildman–Crippen LogP) is -0.659. The van der Waals surface area contributed by atoms with Gasteiger partial charge < -0.3 is 0 Å². The van der Waals surface area contributed by atoms with E-state index in [1.807, 2.05) is 0 Å². The summed E-state index contributed by atoms with van der Waals surface area (Å²) in [6.07, 6.45) is -11.7. The Morgan fingerprint density at radius 3 is 1.56 bits per heavy atom. The molecule has 98 valence electrons. The van der Waals surface area contributed by atoms with Crippen molar-refractivity contribution in [2.75, 3.05) is 8.86 Å². The normalized spacial score (nSPS) is 21.7. The van der Waals surface area contributed by atoms with E-state index in [0.717, 1.165) is 0 Å². The third kappa shape index (κ3) is 2.41. The first-order valence-electron chi connectivity index (χ1n) is 4.50. The van der Waals surface area contributed by atoms with Gasteiger partial charge in [-0.15, -0.1) is 0 Å². The molecule has 1 aliphatic heterocycles. The molecule has 0 aromatic rings. The van der Waals surface area contributed by atoms with Gasteiger partial charge in [0, 0.05) is 0 Å². The van der Waals surface area contributed by atoms with E-state index in [9.17, 15) is 26.3 Å². The van der Waals surface area contributed by atoms with E-state index in [4.69, 9.17) is 5.11 Å². The fourth-order valence-electron chi connectivity index (χ4n) is 1.70. The van der Waals surface area contributed by atoms with Gasteiger partial charge in [-0.3, -0.25) is 0 Å². The third-order valence-electron chi connectivity index (χ3n) is 2.64. The van der Waals surface area contributed by atoms with Gasteiger partial charge in [0.15, 0.2) is 0 Å². The van der Waals surface area contributed by atoms with Gasteiger partial charge in [0.25, 0.3) is 0 Å². The number of rotatable bonds is 1. The molecule has 0 spiro atoms. The average molecular weight is 363 g/mol. The van der Waals surface area contributed by atoms with E-state index in [2.05, 4.69) is 0 Å². The fourth-order valence-corrected chi connectivity index (χ4v) is 4.62. The van der Waals surface area contributed by atoms with Gasteiger partial charge in [-0.2, -0.15) is 0 Å². The molecule has 8 heteroatoms. The molecule has 0 bridgehead atoms. The summed E-state index contributed by atoms with van der Waals surface area (Å²) in [6.45, 7) is 0. The first-order valence-corrected chi connectivity index (χ1v) is 7.55. The van der Waals surface area contributed by atoms with Gasteiger partial charge in [-0.25, -0.2) is 0 Å². The van der Waals surface area contributed by atoms with E-state index < -0.39 is 23.9 Å². The van der Waals surface area contributed by atoms with Crippen LogP contribution in [0.25, 0.3) is 0 Å². The second-order valence-corrected chi connectivity index (χ2v) is 6.84. The average Bonchev–Trinajstić information content (AvgIpc) is 2.14. The van der Waals surface area contributed by atoms with Gasteiger partial charge in [0.1, 0.15) is 0 Å². The molecule has 1 nitrogen and oxygen atoms in total. The van der Waals surface area contributed by atoms with E-state index in [1.165, 1.54) is 0 Å². The molecule has 1 fully saturated rings. The second kappa shape index (κ2) is 4.51. The van der Waals surface area contributed by atoms with Crippen LogP contribution in [0.2, 0.25) is 0 Å². The van der Waals surface area contributed by atoms with Crippen molar-refractivity contribution in [3.8, 4) is 0 Å². The number of halogens is 7.